The summed E-state index contributed by atoms with van der Waals surface area (Å²) < 4.78 is 13.1. The van der Waals surface area contributed by atoms with Gasteiger partial charge in [0, 0.05) is 35.2 Å². The summed E-state index contributed by atoms with van der Waals surface area (Å²) in [6.07, 6.45) is 6.89. The maximum atomic E-state index is 13.2. The lowest BCUT2D eigenvalue weighted by atomic mass is 10.2. The first-order valence-corrected chi connectivity index (χ1v) is 10.3. The van der Waals surface area contributed by atoms with Crippen LogP contribution in [0.1, 0.15) is 29.1 Å². The van der Waals surface area contributed by atoms with Crippen molar-refractivity contribution in [3.05, 3.63) is 81.7 Å². The molecule has 0 aliphatic carbocycles. The van der Waals surface area contributed by atoms with Gasteiger partial charge in [-0.15, -0.1) is 0 Å². The monoisotopic (exact) mass is 432 g/mol. The summed E-state index contributed by atoms with van der Waals surface area (Å²) >= 11 is 1.33. The molecule has 4 rings (SSSR count). The number of ether oxygens (including phenoxy) is 1. The molecule has 156 valence electrons. The molecule has 1 aromatic carbocycles. The van der Waals surface area contributed by atoms with Crippen LogP contribution in [0.2, 0.25) is 0 Å². The Balaban J connectivity index is 1.71. The maximum absolute atomic E-state index is 13.2. The Morgan fingerprint density at radius 2 is 2.10 bits per heavy atom. The van der Waals surface area contributed by atoms with Crippen LogP contribution in [0.15, 0.2) is 60.0 Å². The summed E-state index contributed by atoms with van der Waals surface area (Å²) in [5.74, 6) is 0.622. The number of nitrogens with zero attached hydrogens (tertiary/aromatic N) is 5. The van der Waals surface area contributed by atoms with Crippen LogP contribution in [0.4, 0.5) is 11.4 Å². The van der Waals surface area contributed by atoms with Crippen molar-refractivity contribution >= 4 is 22.9 Å². The molecular formula is C22H20N6O2S. The molecule has 0 saturated carbocycles. The van der Waals surface area contributed by atoms with E-state index in [1.54, 1.807) is 42.5 Å². The quantitative estimate of drug-likeness (QED) is 0.494. The Bertz CT molecular complexity index is 1320. The van der Waals surface area contributed by atoms with Crippen LogP contribution in [-0.2, 0) is 0 Å². The third-order valence-corrected chi connectivity index (χ3v) is 5.82. The maximum Gasteiger partial charge on any atom is 0.274 e. The molecule has 8 nitrogen and oxygen atoms in total. The minimum atomic E-state index is -0.241. The van der Waals surface area contributed by atoms with Crippen molar-refractivity contribution in [1.29, 1.82) is 5.26 Å². The minimum absolute atomic E-state index is 0.229. The second-order valence-corrected chi connectivity index (χ2v) is 7.86. The average molecular weight is 433 g/mol. The molecule has 0 aliphatic rings. The molecule has 0 radical (unpaired) electrons. The summed E-state index contributed by atoms with van der Waals surface area (Å²) in [4.78, 5) is 18.3. The topological polar surface area (TPSA) is 97.8 Å². The molecule has 0 unspecified atom stereocenters. The molecule has 1 atom stereocenters. The first-order valence-electron chi connectivity index (χ1n) is 9.53. The van der Waals surface area contributed by atoms with E-state index < -0.39 is 0 Å². The van der Waals surface area contributed by atoms with Crippen LogP contribution in [-0.4, -0.2) is 25.6 Å². The zero-order valence-electron chi connectivity index (χ0n) is 17.2. The minimum Gasteiger partial charge on any atom is -0.494 e. The molecule has 1 N–H and O–H groups in total. The van der Waals surface area contributed by atoms with Crippen molar-refractivity contribution in [2.24, 2.45) is 0 Å². The largest absolute Gasteiger partial charge is 0.494 e. The van der Waals surface area contributed by atoms with Crippen molar-refractivity contribution in [2.45, 2.75) is 19.9 Å². The second kappa shape index (κ2) is 8.45. The number of aryl methyl sites for hydroxylation is 1. The van der Waals surface area contributed by atoms with Gasteiger partial charge in [0.1, 0.15) is 17.5 Å². The lowest BCUT2D eigenvalue weighted by Gasteiger charge is -2.17. The molecule has 3 heterocycles. The zero-order chi connectivity index (χ0) is 22.0. The van der Waals surface area contributed by atoms with E-state index in [1.807, 2.05) is 42.8 Å². The van der Waals surface area contributed by atoms with Crippen LogP contribution in [0.25, 0.3) is 5.69 Å². The summed E-state index contributed by atoms with van der Waals surface area (Å²) in [5, 5.41) is 12.6. The van der Waals surface area contributed by atoms with Gasteiger partial charge in [-0.3, -0.25) is 4.79 Å². The van der Waals surface area contributed by atoms with E-state index in [4.69, 9.17) is 4.74 Å². The molecule has 31 heavy (non-hydrogen) atoms. The highest BCUT2D eigenvalue weighted by atomic mass is 32.1. The second-order valence-electron chi connectivity index (χ2n) is 6.99. The molecule has 0 fully saturated rings. The van der Waals surface area contributed by atoms with E-state index in [-0.39, 0.29) is 11.6 Å². The highest BCUT2D eigenvalue weighted by Crippen LogP contribution is 2.28. The van der Waals surface area contributed by atoms with Crippen molar-refractivity contribution in [3.8, 4) is 17.5 Å². The Morgan fingerprint density at radius 1 is 1.26 bits per heavy atom. The molecule has 0 amide bonds. The summed E-state index contributed by atoms with van der Waals surface area (Å²) in [6, 6.07) is 10.9. The number of imidazole rings is 1. The van der Waals surface area contributed by atoms with E-state index >= 15 is 0 Å². The molecule has 0 saturated heterocycles. The molecule has 0 aliphatic heterocycles. The van der Waals surface area contributed by atoms with Gasteiger partial charge < -0.3 is 19.2 Å². The lowest BCUT2D eigenvalue weighted by Crippen LogP contribution is -2.25. The van der Waals surface area contributed by atoms with Gasteiger partial charge in [-0.1, -0.05) is 0 Å². The first-order chi connectivity index (χ1) is 15.0. The Kier molecular flexibility index (Phi) is 5.56. The van der Waals surface area contributed by atoms with Gasteiger partial charge in [-0.2, -0.15) is 5.26 Å². The van der Waals surface area contributed by atoms with Crippen LogP contribution in [0, 0.1) is 18.3 Å². The van der Waals surface area contributed by atoms with E-state index in [0.29, 0.717) is 22.7 Å². The van der Waals surface area contributed by atoms with Crippen molar-refractivity contribution in [2.75, 3.05) is 12.4 Å². The van der Waals surface area contributed by atoms with Crippen molar-refractivity contribution in [1.82, 2.24) is 18.5 Å². The zero-order valence-corrected chi connectivity index (χ0v) is 18.1. The number of nitrogens with one attached hydrogen (secondary N) is 1. The summed E-state index contributed by atoms with van der Waals surface area (Å²) in [6.45, 7) is 3.82. The number of anilines is 2. The standard InChI is InChI=1S/C22H20N6O2S/c1-14-11-27(13-24-14)19-5-4-17(9-20(19)30-3)26-18-8-16(10-23)12-28(22(18)29)15(2)21-6-7-25-31-21/h4-9,11-13,15,26H,1-3H3/t15-/m0/s1. The van der Waals surface area contributed by atoms with Crippen molar-refractivity contribution in [3.63, 3.8) is 0 Å². The number of rotatable bonds is 6. The number of benzene rings is 1. The Labute approximate surface area is 183 Å². The Morgan fingerprint density at radius 3 is 2.74 bits per heavy atom. The molecule has 0 bridgehead atoms. The fraction of sp³-hybridized carbons (Fsp3) is 0.182. The summed E-state index contributed by atoms with van der Waals surface area (Å²) in [5.41, 5.74) is 2.86. The smallest absolute Gasteiger partial charge is 0.274 e. The predicted molar refractivity (Wildman–Crippen MR) is 119 cm³/mol. The fourth-order valence-electron chi connectivity index (χ4n) is 3.30. The number of nitriles is 1. The highest BCUT2D eigenvalue weighted by molar-refractivity contribution is 7.05. The Hall–Kier alpha value is -3.90. The van der Waals surface area contributed by atoms with E-state index in [9.17, 15) is 10.1 Å². The molecule has 3 aromatic heterocycles. The predicted octanol–water partition coefficient (Wildman–Crippen LogP) is 4.03. The number of aromatic nitrogens is 4. The van der Waals surface area contributed by atoms with Gasteiger partial charge in [0.2, 0.25) is 0 Å². The first kappa shape index (κ1) is 20.4. The van der Waals surface area contributed by atoms with Gasteiger partial charge in [-0.05, 0) is 49.6 Å². The molecule has 0 spiro atoms. The number of hydrogen-bond donors (Lipinski definition) is 1. The van der Waals surface area contributed by atoms with Crippen LogP contribution < -0.4 is 15.6 Å². The van der Waals surface area contributed by atoms with Crippen LogP contribution in [0.3, 0.4) is 0 Å². The van der Waals surface area contributed by atoms with Crippen LogP contribution >= 0.6 is 11.5 Å². The molecular weight excluding hydrogens is 412 g/mol. The lowest BCUT2D eigenvalue weighted by molar-refractivity contribution is 0.413. The van der Waals surface area contributed by atoms with Gasteiger partial charge in [0.05, 0.1) is 36.4 Å². The van der Waals surface area contributed by atoms with Crippen molar-refractivity contribution < 1.29 is 4.74 Å². The van der Waals surface area contributed by atoms with Gasteiger partial charge in [0.25, 0.3) is 5.56 Å². The third-order valence-electron chi connectivity index (χ3n) is 4.91. The number of methoxy groups -OCH3 is 1. The van der Waals surface area contributed by atoms with Crippen LogP contribution in [0.5, 0.6) is 5.75 Å². The van der Waals surface area contributed by atoms with Gasteiger partial charge in [-0.25, -0.2) is 9.36 Å². The normalized spacial score (nSPS) is 11.7. The van der Waals surface area contributed by atoms with E-state index in [2.05, 4.69) is 20.7 Å². The summed E-state index contributed by atoms with van der Waals surface area (Å²) in [7, 11) is 1.59. The van der Waals surface area contributed by atoms with Gasteiger partial charge in [0.15, 0.2) is 0 Å². The number of pyridine rings is 1. The third kappa shape index (κ3) is 4.06. The number of hydrogen-bond acceptors (Lipinski definition) is 7. The molecule has 4 aromatic rings. The molecule has 9 heteroatoms. The highest BCUT2D eigenvalue weighted by Gasteiger charge is 2.16. The van der Waals surface area contributed by atoms with E-state index in [1.165, 1.54) is 11.5 Å². The van der Waals surface area contributed by atoms with Gasteiger partial charge >= 0.3 is 0 Å². The van der Waals surface area contributed by atoms with E-state index in [0.717, 1.165) is 16.3 Å². The fourth-order valence-corrected chi connectivity index (χ4v) is 3.93. The SMILES string of the molecule is COc1cc(Nc2cc(C#N)cn([C@@H](C)c3ccns3)c2=O)ccc1-n1cnc(C)c1. The average Bonchev–Trinajstić information content (AvgIpc) is 3.46.